The maximum Gasteiger partial charge on any atom is 0.223 e. The lowest BCUT2D eigenvalue weighted by Gasteiger charge is -2.57. The summed E-state index contributed by atoms with van der Waals surface area (Å²) in [5.74, 6) is 5.04. The average Bonchev–Trinajstić information content (AvgIpc) is 2.83. The Morgan fingerprint density at radius 3 is 1.92 bits per heavy atom. The summed E-state index contributed by atoms with van der Waals surface area (Å²) in [6, 6.07) is 0. The van der Waals surface area contributed by atoms with Gasteiger partial charge < -0.3 is 10.2 Å². The first-order valence-corrected chi connectivity index (χ1v) is 10.2. The summed E-state index contributed by atoms with van der Waals surface area (Å²) in [6.45, 7) is 4.41. The van der Waals surface area contributed by atoms with Crippen LogP contribution in [0.15, 0.2) is 0 Å². The van der Waals surface area contributed by atoms with Gasteiger partial charge in [0.25, 0.3) is 0 Å². The summed E-state index contributed by atoms with van der Waals surface area (Å²) in [7, 11) is 0. The fourth-order valence-corrected chi connectivity index (χ4v) is 7.41. The Balaban J connectivity index is 0.00000146. The standard InChI is InChI=1S/C20H32N2O.ClH/c23-19(22-3-1-17-12-21-13-18(17)2-4-22)11-20-8-14-5-15(9-20)7-16(6-14)10-20;/h14-18,21H,1-13H2;1H/t14?,15?,16?,17-,18+,20?;. The Kier molecular flexibility index (Phi) is 4.62. The molecule has 0 aromatic carbocycles. The molecule has 6 rings (SSSR count). The van der Waals surface area contributed by atoms with Gasteiger partial charge in [-0.15, -0.1) is 12.4 Å². The first kappa shape index (κ1) is 17.1. The lowest BCUT2D eigenvalue weighted by molar-refractivity contribution is -0.139. The SMILES string of the molecule is Cl.O=C(CC12CC3CC(CC(C3)C1)C2)N1CC[C@@H]2CNC[C@@H]2CC1. The second-order valence-electron chi connectivity index (χ2n) is 9.73. The van der Waals surface area contributed by atoms with Crippen molar-refractivity contribution >= 4 is 18.3 Å². The molecule has 0 aromatic heterocycles. The van der Waals surface area contributed by atoms with E-state index < -0.39 is 0 Å². The molecule has 4 saturated carbocycles. The van der Waals surface area contributed by atoms with E-state index >= 15 is 0 Å². The van der Waals surface area contributed by atoms with Crippen molar-refractivity contribution in [3.63, 3.8) is 0 Å². The second kappa shape index (κ2) is 6.46. The van der Waals surface area contributed by atoms with E-state index in [0.29, 0.717) is 11.3 Å². The van der Waals surface area contributed by atoms with E-state index in [4.69, 9.17) is 0 Å². The van der Waals surface area contributed by atoms with Gasteiger partial charge in [-0.3, -0.25) is 4.79 Å². The van der Waals surface area contributed by atoms with E-state index in [1.807, 2.05) is 0 Å². The average molecular weight is 353 g/mol. The van der Waals surface area contributed by atoms with Gasteiger partial charge in [0.05, 0.1) is 0 Å². The maximum absolute atomic E-state index is 13.1. The summed E-state index contributed by atoms with van der Waals surface area (Å²) < 4.78 is 0. The topological polar surface area (TPSA) is 32.3 Å². The third-order valence-electron chi connectivity index (χ3n) is 8.06. The van der Waals surface area contributed by atoms with Crippen molar-refractivity contribution in [2.75, 3.05) is 26.2 Å². The molecule has 6 aliphatic rings. The van der Waals surface area contributed by atoms with Crippen LogP contribution in [0.3, 0.4) is 0 Å². The summed E-state index contributed by atoms with van der Waals surface area (Å²) in [4.78, 5) is 15.3. The number of nitrogens with zero attached hydrogens (tertiary/aromatic N) is 1. The molecular weight excluding hydrogens is 320 g/mol. The molecule has 3 nitrogen and oxygen atoms in total. The first-order chi connectivity index (χ1) is 11.2. The van der Waals surface area contributed by atoms with Crippen LogP contribution in [0, 0.1) is 35.0 Å². The van der Waals surface area contributed by atoms with Gasteiger partial charge in [-0.1, -0.05) is 0 Å². The fraction of sp³-hybridized carbons (Fsp3) is 0.950. The molecule has 24 heavy (non-hydrogen) atoms. The van der Waals surface area contributed by atoms with E-state index in [1.54, 1.807) is 0 Å². The van der Waals surface area contributed by atoms with Crippen molar-refractivity contribution in [1.82, 2.24) is 10.2 Å². The molecular formula is C20H33ClN2O. The van der Waals surface area contributed by atoms with Gasteiger partial charge in [-0.2, -0.15) is 0 Å². The highest BCUT2D eigenvalue weighted by Gasteiger charge is 2.51. The predicted octanol–water partition coefficient (Wildman–Crippen LogP) is 3.47. The van der Waals surface area contributed by atoms with Crippen LogP contribution < -0.4 is 5.32 Å². The largest absolute Gasteiger partial charge is 0.343 e. The molecule has 0 spiro atoms. The van der Waals surface area contributed by atoms with Crippen LogP contribution in [0.2, 0.25) is 0 Å². The Labute approximate surface area is 152 Å². The highest BCUT2D eigenvalue weighted by Crippen LogP contribution is 2.61. The minimum atomic E-state index is 0. The monoisotopic (exact) mass is 352 g/mol. The Hall–Kier alpha value is -0.280. The number of likely N-dealkylation sites (tertiary alicyclic amines) is 1. The summed E-state index contributed by atoms with van der Waals surface area (Å²) in [5.41, 5.74) is 0.412. The van der Waals surface area contributed by atoms with E-state index in [9.17, 15) is 4.79 Å². The third kappa shape index (κ3) is 3.00. The number of fused-ring (bicyclic) bond motifs is 1. The molecule has 2 saturated heterocycles. The molecule has 2 aliphatic heterocycles. The molecule has 0 aromatic rings. The Morgan fingerprint density at radius 2 is 1.42 bits per heavy atom. The molecule has 2 heterocycles. The van der Waals surface area contributed by atoms with Crippen molar-refractivity contribution < 1.29 is 4.79 Å². The van der Waals surface area contributed by atoms with Crippen LogP contribution >= 0.6 is 12.4 Å². The van der Waals surface area contributed by atoms with Crippen molar-refractivity contribution in [3.8, 4) is 0 Å². The molecule has 6 fully saturated rings. The number of nitrogens with one attached hydrogen (secondary N) is 1. The molecule has 136 valence electrons. The summed E-state index contributed by atoms with van der Waals surface area (Å²) in [6.07, 6.45) is 11.9. The van der Waals surface area contributed by atoms with Gasteiger partial charge in [0.1, 0.15) is 0 Å². The zero-order chi connectivity index (χ0) is 15.4. The lowest BCUT2D eigenvalue weighted by atomic mass is 9.49. The van der Waals surface area contributed by atoms with Crippen LogP contribution in [0.4, 0.5) is 0 Å². The normalized spacial score (nSPS) is 46.3. The van der Waals surface area contributed by atoms with Crippen molar-refractivity contribution in [2.45, 2.75) is 57.8 Å². The summed E-state index contributed by atoms with van der Waals surface area (Å²) in [5, 5.41) is 3.54. The number of carbonyl (C=O) groups excluding carboxylic acids is 1. The zero-order valence-corrected chi connectivity index (χ0v) is 15.7. The molecule has 0 unspecified atom stereocenters. The Morgan fingerprint density at radius 1 is 0.917 bits per heavy atom. The van der Waals surface area contributed by atoms with E-state index in [2.05, 4.69) is 10.2 Å². The van der Waals surface area contributed by atoms with E-state index in [1.165, 1.54) is 64.5 Å². The number of hydrogen-bond acceptors (Lipinski definition) is 2. The molecule has 4 aliphatic carbocycles. The minimum Gasteiger partial charge on any atom is -0.343 e. The van der Waals surface area contributed by atoms with Crippen LogP contribution in [-0.2, 0) is 4.79 Å². The molecule has 1 amide bonds. The lowest BCUT2D eigenvalue weighted by Crippen LogP contribution is -2.48. The highest BCUT2D eigenvalue weighted by atomic mass is 35.5. The van der Waals surface area contributed by atoms with Crippen LogP contribution in [-0.4, -0.2) is 37.0 Å². The van der Waals surface area contributed by atoms with Gasteiger partial charge >= 0.3 is 0 Å². The second-order valence-corrected chi connectivity index (χ2v) is 9.73. The van der Waals surface area contributed by atoms with Gasteiger partial charge in [0.15, 0.2) is 0 Å². The third-order valence-corrected chi connectivity index (χ3v) is 8.06. The number of hydrogen-bond donors (Lipinski definition) is 1. The van der Waals surface area contributed by atoms with Crippen molar-refractivity contribution in [2.24, 2.45) is 35.0 Å². The first-order valence-electron chi connectivity index (χ1n) is 10.2. The molecule has 1 N–H and O–H groups in total. The van der Waals surface area contributed by atoms with Gasteiger partial charge in [0, 0.05) is 19.5 Å². The zero-order valence-electron chi connectivity index (χ0n) is 14.8. The highest BCUT2D eigenvalue weighted by molar-refractivity contribution is 5.85. The number of amides is 1. The van der Waals surface area contributed by atoms with Crippen LogP contribution in [0.1, 0.15) is 57.8 Å². The molecule has 2 atom stereocenters. The number of halogens is 1. The molecule has 4 heteroatoms. The smallest absolute Gasteiger partial charge is 0.223 e. The van der Waals surface area contributed by atoms with Crippen molar-refractivity contribution in [3.05, 3.63) is 0 Å². The Bertz CT molecular complexity index is 445. The van der Waals surface area contributed by atoms with Crippen molar-refractivity contribution in [1.29, 1.82) is 0 Å². The molecule has 0 radical (unpaired) electrons. The van der Waals surface area contributed by atoms with Gasteiger partial charge in [-0.25, -0.2) is 0 Å². The maximum atomic E-state index is 13.1. The van der Waals surface area contributed by atoms with E-state index in [0.717, 1.165) is 49.1 Å². The van der Waals surface area contributed by atoms with Gasteiger partial charge in [0.2, 0.25) is 5.91 Å². The number of carbonyl (C=O) groups is 1. The quantitative estimate of drug-likeness (QED) is 0.825. The van der Waals surface area contributed by atoms with Crippen LogP contribution in [0.25, 0.3) is 0 Å². The van der Waals surface area contributed by atoms with Gasteiger partial charge in [-0.05, 0) is 99.5 Å². The minimum absolute atomic E-state index is 0. The fourth-order valence-electron chi connectivity index (χ4n) is 7.41. The van der Waals surface area contributed by atoms with E-state index in [-0.39, 0.29) is 12.4 Å². The van der Waals surface area contributed by atoms with Crippen LogP contribution in [0.5, 0.6) is 0 Å². The predicted molar refractivity (Wildman–Crippen MR) is 98.1 cm³/mol. The summed E-state index contributed by atoms with van der Waals surface area (Å²) >= 11 is 0. The number of rotatable bonds is 2. The molecule has 4 bridgehead atoms.